The summed E-state index contributed by atoms with van der Waals surface area (Å²) in [6.45, 7) is 0.917. The zero-order valence-corrected chi connectivity index (χ0v) is 16.2. The van der Waals surface area contributed by atoms with Crippen LogP contribution in [0.2, 0.25) is 0 Å². The Labute approximate surface area is 169 Å². The number of piperidine rings is 1. The third-order valence-electron chi connectivity index (χ3n) is 4.54. The summed E-state index contributed by atoms with van der Waals surface area (Å²) in [4.78, 5) is 34.1. The third kappa shape index (κ3) is 5.93. The number of hydrogen-bond acceptors (Lipinski definition) is 5. The summed E-state index contributed by atoms with van der Waals surface area (Å²) in [5.74, 6) is 0.157. The van der Waals surface area contributed by atoms with Crippen molar-refractivity contribution in [3.8, 4) is 0 Å². The Kier molecular flexibility index (Phi) is 6.73. The number of amides is 2. The van der Waals surface area contributed by atoms with E-state index in [0.717, 1.165) is 24.0 Å². The average molecular weight is 424 g/mol. The van der Waals surface area contributed by atoms with E-state index in [1.807, 2.05) is 0 Å². The molecule has 0 radical (unpaired) electrons. The average Bonchev–Trinajstić information content (AvgIpc) is 2.72. The molecule has 3 heterocycles. The van der Waals surface area contributed by atoms with Crippen molar-refractivity contribution >= 4 is 29.4 Å². The number of hydrogen-bond donors (Lipinski definition) is 1. The number of carbonyl (C=O) groups excluding carboxylic acids is 2. The number of pyridine rings is 2. The van der Waals surface area contributed by atoms with Crippen LogP contribution >= 0.6 is 11.8 Å². The molecule has 1 fully saturated rings. The summed E-state index contributed by atoms with van der Waals surface area (Å²) in [6.07, 6.45) is -0.973. The van der Waals surface area contributed by atoms with Gasteiger partial charge in [0.15, 0.2) is 0 Å². The smallest absolute Gasteiger partial charge is 0.342 e. The van der Waals surface area contributed by atoms with Gasteiger partial charge in [0.1, 0.15) is 5.82 Å². The Balaban J connectivity index is 1.43. The first-order valence-electron chi connectivity index (χ1n) is 8.98. The van der Waals surface area contributed by atoms with Crippen molar-refractivity contribution in [1.29, 1.82) is 0 Å². The minimum Gasteiger partial charge on any atom is -0.342 e. The number of anilines is 1. The monoisotopic (exact) mass is 424 g/mol. The molecule has 1 saturated heterocycles. The van der Waals surface area contributed by atoms with Gasteiger partial charge in [0.25, 0.3) is 0 Å². The molecule has 0 aliphatic carbocycles. The van der Waals surface area contributed by atoms with E-state index in [1.165, 1.54) is 6.07 Å². The van der Waals surface area contributed by atoms with Crippen LogP contribution in [-0.2, 0) is 15.8 Å². The SMILES string of the molecule is O=C(Nc1ccccn1)C1CCN(C(=O)CSc2ccc(C(F)(F)F)cn2)CC1. The summed E-state index contributed by atoms with van der Waals surface area (Å²) in [6, 6.07) is 7.47. The number of rotatable bonds is 5. The molecular formula is C19H19F3N4O2S. The highest BCUT2D eigenvalue weighted by Gasteiger charge is 2.31. The largest absolute Gasteiger partial charge is 0.417 e. The second kappa shape index (κ2) is 9.25. The molecule has 10 heteroatoms. The van der Waals surface area contributed by atoms with Crippen LogP contribution in [0.4, 0.5) is 19.0 Å². The van der Waals surface area contributed by atoms with E-state index in [4.69, 9.17) is 0 Å². The van der Waals surface area contributed by atoms with Crippen LogP contribution in [0.5, 0.6) is 0 Å². The Morgan fingerprint density at radius 2 is 1.90 bits per heavy atom. The number of carbonyl (C=O) groups is 2. The molecule has 0 unspecified atom stereocenters. The first-order chi connectivity index (χ1) is 13.8. The van der Waals surface area contributed by atoms with Gasteiger partial charge in [0.05, 0.1) is 16.3 Å². The molecule has 0 saturated carbocycles. The Bertz CT molecular complexity index is 839. The minimum absolute atomic E-state index is 0.0865. The van der Waals surface area contributed by atoms with Gasteiger partial charge < -0.3 is 10.2 Å². The lowest BCUT2D eigenvalue weighted by Gasteiger charge is -2.31. The molecule has 1 aliphatic heterocycles. The van der Waals surface area contributed by atoms with E-state index in [2.05, 4.69) is 15.3 Å². The van der Waals surface area contributed by atoms with E-state index in [0.29, 0.717) is 36.8 Å². The van der Waals surface area contributed by atoms with Crippen molar-refractivity contribution in [3.05, 3.63) is 48.3 Å². The number of halogens is 3. The predicted octanol–water partition coefficient (Wildman–Crippen LogP) is 3.46. The van der Waals surface area contributed by atoms with Crippen LogP contribution in [0.15, 0.2) is 47.8 Å². The van der Waals surface area contributed by atoms with Crippen molar-refractivity contribution in [2.45, 2.75) is 24.0 Å². The van der Waals surface area contributed by atoms with Crippen LogP contribution in [-0.4, -0.2) is 45.5 Å². The maximum absolute atomic E-state index is 12.5. The van der Waals surface area contributed by atoms with Gasteiger partial charge in [0, 0.05) is 31.4 Å². The Hall–Kier alpha value is -2.62. The van der Waals surface area contributed by atoms with Gasteiger partial charge in [-0.15, -0.1) is 0 Å². The fourth-order valence-electron chi connectivity index (χ4n) is 2.92. The lowest BCUT2D eigenvalue weighted by atomic mass is 9.96. The normalized spacial score (nSPS) is 15.2. The van der Waals surface area contributed by atoms with E-state index in [1.54, 1.807) is 29.3 Å². The van der Waals surface area contributed by atoms with E-state index < -0.39 is 11.7 Å². The number of aromatic nitrogens is 2. The quantitative estimate of drug-likeness (QED) is 0.744. The molecule has 0 bridgehead atoms. The first-order valence-corrected chi connectivity index (χ1v) is 9.97. The van der Waals surface area contributed by atoms with Crippen LogP contribution in [0.1, 0.15) is 18.4 Å². The van der Waals surface area contributed by atoms with E-state index in [9.17, 15) is 22.8 Å². The summed E-state index contributed by atoms with van der Waals surface area (Å²) in [5, 5.41) is 3.13. The summed E-state index contributed by atoms with van der Waals surface area (Å²) < 4.78 is 37.6. The number of nitrogens with one attached hydrogen (secondary N) is 1. The molecule has 29 heavy (non-hydrogen) atoms. The first kappa shape index (κ1) is 21.1. The molecule has 0 aromatic carbocycles. The van der Waals surface area contributed by atoms with Crippen molar-refractivity contribution < 1.29 is 22.8 Å². The zero-order chi connectivity index (χ0) is 20.9. The van der Waals surface area contributed by atoms with Gasteiger partial charge in [-0.1, -0.05) is 17.8 Å². The fraction of sp³-hybridized carbons (Fsp3) is 0.368. The Morgan fingerprint density at radius 1 is 1.14 bits per heavy atom. The highest BCUT2D eigenvalue weighted by molar-refractivity contribution is 7.99. The van der Waals surface area contributed by atoms with Gasteiger partial charge in [-0.2, -0.15) is 13.2 Å². The second-order valence-electron chi connectivity index (χ2n) is 6.53. The van der Waals surface area contributed by atoms with Crippen LogP contribution in [0, 0.1) is 5.92 Å². The molecule has 0 atom stereocenters. The van der Waals surface area contributed by atoms with Crippen LogP contribution in [0.3, 0.4) is 0 Å². The molecule has 154 valence electrons. The number of alkyl halides is 3. The molecule has 2 aromatic heterocycles. The lowest BCUT2D eigenvalue weighted by molar-refractivity contribution is -0.138. The second-order valence-corrected chi connectivity index (χ2v) is 7.53. The van der Waals surface area contributed by atoms with Crippen molar-refractivity contribution in [1.82, 2.24) is 14.9 Å². The van der Waals surface area contributed by atoms with E-state index >= 15 is 0 Å². The third-order valence-corrected chi connectivity index (χ3v) is 5.47. The molecule has 1 N–H and O–H groups in total. The zero-order valence-electron chi connectivity index (χ0n) is 15.4. The maximum Gasteiger partial charge on any atom is 0.417 e. The Morgan fingerprint density at radius 3 is 2.48 bits per heavy atom. The van der Waals surface area contributed by atoms with Gasteiger partial charge in [-0.25, -0.2) is 9.97 Å². The van der Waals surface area contributed by atoms with Crippen LogP contribution < -0.4 is 5.32 Å². The molecular weight excluding hydrogens is 405 g/mol. The molecule has 1 aliphatic rings. The number of likely N-dealkylation sites (tertiary alicyclic amines) is 1. The molecule has 0 spiro atoms. The summed E-state index contributed by atoms with van der Waals surface area (Å²) in [7, 11) is 0. The van der Waals surface area contributed by atoms with Crippen molar-refractivity contribution in [3.63, 3.8) is 0 Å². The lowest BCUT2D eigenvalue weighted by Crippen LogP contribution is -2.42. The highest BCUT2D eigenvalue weighted by Crippen LogP contribution is 2.29. The number of nitrogens with zero attached hydrogens (tertiary/aromatic N) is 3. The minimum atomic E-state index is -4.43. The van der Waals surface area contributed by atoms with Gasteiger partial charge in [-0.3, -0.25) is 9.59 Å². The fourth-order valence-corrected chi connectivity index (χ4v) is 3.66. The summed E-state index contributed by atoms with van der Waals surface area (Å²) in [5.41, 5.74) is -0.820. The number of thioether (sulfide) groups is 1. The van der Waals surface area contributed by atoms with Gasteiger partial charge in [-0.05, 0) is 37.1 Å². The predicted molar refractivity (Wildman–Crippen MR) is 102 cm³/mol. The molecule has 3 rings (SSSR count). The van der Waals surface area contributed by atoms with Gasteiger partial charge >= 0.3 is 6.18 Å². The topological polar surface area (TPSA) is 75.2 Å². The standard InChI is InChI=1S/C19H19F3N4O2S/c20-19(21,22)14-4-5-16(24-11-14)29-12-17(27)26-9-6-13(7-10-26)18(28)25-15-3-1-2-8-23-15/h1-5,8,11,13H,6-7,9-10,12H2,(H,23,25,28). The van der Waals surface area contributed by atoms with Crippen molar-refractivity contribution in [2.24, 2.45) is 5.92 Å². The summed E-state index contributed by atoms with van der Waals surface area (Å²) >= 11 is 1.09. The molecule has 2 aromatic rings. The van der Waals surface area contributed by atoms with Gasteiger partial charge in [0.2, 0.25) is 11.8 Å². The maximum atomic E-state index is 12.5. The molecule has 6 nitrogen and oxygen atoms in total. The van der Waals surface area contributed by atoms with E-state index in [-0.39, 0.29) is 23.5 Å². The highest BCUT2D eigenvalue weighted by atomic mass is 32.2. The van der Waals surface area contributed by atoms with Crippen molar-refractivity contribution in [2.75, 3.05) is 24.2 Å². The molecule has 2 amide bonds. The van der Waals surface area contributed by atoms with Crippen LogP contribution in [0.25, 0.3) is 0 Å².